The lowest BCUT2D eigenvalue weighted by Gasteiger charge is -2.22. The Bertz CT molecular complexity index is 429. The molecule has 0 saturated heterocycles. The molecular formula is C17H27NO. The van der Waals surface area contributed by atoms with Crippen LogP contribution in [0.25, 0.3) is 0 Å². The Labute approximate surface area is 117 Å². The van der Waals surface area contributed by atoms with Crippen LogP contribution >= 0.6 is 0 Å². The van der Waals surface area contributed by atoms with Crippen molar-refractivity contribution in [1.82, 2.24) is 0 Å². The lowest BCUT2D eigenvalue weighted by molar-refractivity contribution is -0.114. The van der Waals surface area contributed by atoms with E-state index in [1.165, 1.54) is 16.7 Å². The summed E-state index contributed by atoms with van der Waals surface area (Å²) in [7, 11) is 0. The van der Waals surface area contributed by atoms with Gasteiger partial charge < -0.3 is 5.32 Å². The summed E-state index contributed by atoms with van der Waals surface area (Å²) in [5, 5.41) is 3.03. The molecule has 1 aromatic carbocycles. The van der Waals surface area contributed by atoms with Crippen molar-refractivity contribution in [1.29, 1.82) is 0 Å². The van der Waals surface area contributed by atoms with Crippen LogP contribution in [0.1, 0.15) is 82.9 Å². The van der Waals surface area contributed by atoms with Crippen molar-refractivity contribution < 1.29 is 4.79 Å². The first-order chi connectivity index (χ1) is 8.73. The zero-order valence-electron chi connectivity index (χ0n) is 13.3. The zero-order valence-corrected chi connectivity index (χ0v) is 13.3. The second kappa shape index (κ2) is 6.23. The van der Waals surface area contributed by atoms with Crippen molar-refractivity contribution >= 4 is 11.6 Å². The van der Waals surface area contributed by atoms with E-state index in [1.807, 2.05) is 0 Å². The smallest absolute Gasteiger partial charge is 0.221 e. The SMILES string of the molecule is CC(=O)Nc1c(C(C)C)cc(C(C)C)cc1C(C)C. The minimum Gasteiger partial charge on any atom is -0.326 e. The molecule has 1 amide bonds. The first-order valence-electron chi connectivity index (χ1n) is 7.19. The standard InChI is InChI=1S/C17H27NO/c1-10(2)14-8-15(11(3)4)17(18-13(7)19)16(9-14)12(5)6/h8-12H,1-7H3,(H,18,19). The first kappa shape index (κ1) is 15.7. The number of benzene rings is 1. The number of rotatable bonds is 4. The summed E-state index contributed by atoms with van der Waals surface area (Å²) >= 11 is 0. The van der Waals surface area contributed by atoms with Gasteiger partial charge in [-0.2, -0.15) is 0 Å². The Morgan fingerprint density at radius 1 is 0.895 bits per heavy atom. The highest BCUT2D eigenvalue weighted by Gasteiger charge is 2.17. The van der Waals surface area contributed by atoms with E-state index in [-0.39, 0.29) is 5.91 Å². The fourth-order valence-corrected chi connectivity index (χ4v) is 2.28. The average Bonchev–Trinajstić information content (AvgIpc) is 2.27. The van der Waals surface area contributed by atoms with Crippen LogP contribution in [0.15, 0.2) is 12.1 Å². The van der Waals surface area contributed by atoms with Gasteiger partial charge in [0.25, 0.3) is 0 Å². The predicted molar refractivity (Wildman–Crippen MR) is 83.0 cm³/mol. The van der Waals surface area contributed by atoms with Gasteiger partial charge in [0.05, 0.1) is 0 Å². The van der Waals surface area contributed by atoms with E-state index in [0.717, 1.165) is 5.69 Å². The van der Waals surface area contributed by atoms with E-state index in [9.17, 15) is 4.79 Å². The second-order valence-electron chi connectivity index (χ2n) is 6.22. The number of amides is 1. The largest absolute Gasteiger partial charge is 0.326 e. The number of carbonyl (C=O) groups is 1. The Balaban J connectivity index is 3.50. The van der Waals surface area contributed by atoms with Crippen molar-refractivity contribution in [2.75, 3.05) is 5.32 Å². The third-order valence-corrected chi connectivity index (χ3v) is 3.43. The Kier molecular flexibility index (Phi) is 5.16. The third kappa shape index (κ3) is 3.82. The van der Waals surface area contributed by atoms with Crippen LogP contribution in [0.5, 0.6) is 0 Å². The van der Waals surface area contributed by atoms with Crippen LogP contribution in [-0.4, -0.2) is 5.91 Å². The molecule has 0 unspecified atom stereocenters. The van der Waals surface area contributed by atoms with Gasteiger partial charge in [0.1, 0.15) is 0 Å². The van der Waals surface area contributed by atoms with Gasteiger partial charge in [-0.05, 0) is 34.4 Å². The lowest BCUT2D eigenvalue weighted by Crippen LogP contribution is -2.13. The summed E-state index contributed by atoms with van der Waals surface area (Å²) in [4.78, 5) is 11.5. The molecule has 0 spiro atoms. The minimum absolute atomic E-state index is 0.00102. The second-order valence-corrected chi connectivity index (χ2v) is 6.22. The van der Waals surface area contributed by atoms with Crippen LogP contribution in [0, 0.1) is 0 Å². The monoisotopic (exact) mass is 261 g/mol. The molecule has 2 nitrogen and oxygen atoms in total. The zero-order chi connectivity index (χ0) is 14.7. The first-order valence-corrected chi connectivity index (χ1v) is 7.19. The topological polar surface area (TPSA) is 29.1 Å². The summed E-state index contributed by atoms with van der Waals surface area (Å²) in [6, 6.07) is 4.49. The summed E-state index contributed by atoms with van der Waals surface area (Å²) in [6.45, 7) is 14.7. The maximum Gasteiger partial charge on any atom is 0.221 e. The number of hydrogen-bond acceptors (Lipinski definition) is 1. The number of carbonyl (C=O) groups excluding carboxylic acids is 1. The van der Waals surface area contributed by atoms with E-state index in [4.69, 9.17) is 0 Å². The van der Waals surface area contributed by atoms with Crippen molar-refractivity contribution in [3.63, 3.8) is 0 Å². The Morgan fingerprint density at radius 3 is 1.58 bits per heavy atom. The van der Waals surface area contributed by atoms with Gasteiger partial charge in [-0.25, -0.2) is 0 Å². The molecule has 1 rings (SSSR count). The molecule has 0 aromatic heterocycles. The van der Waals surface area contributed by atoms with Crippen molar-refractivity contribution in [2.45, 2.75) is 66.2 Å². The minimum atomic E-state index is 0.00102. The molecule has 1 N–H and O–H groups in total. The van der Waals surface area contributed by atoms with E-state index in [0.29, 0.717) is 17.8 Å². The average molecular weight is 261 g/mol. The molecule has 0 aliphatic heterocycles. The fraction of sp³-hybridized carbons (Fsp3) is 0.588. The molecule has 19 heavy (non-hydrogen) atoms. The van der Waals surface area contributed by atoms with Crippen LogP contribution in [0.4, 0.5) is 5.69 Å². The molecule has 1 aromatic rings. The van der Waals surface area contributed by atoms with Gasteiger partial charge in [0.2, 0.25) is 5.91 Å². The van der Waals surface area contributed by atoms with Gasteiger partial charge in [-0.3, -0.25) is 4.79 Å². The summed E-state index contributed by atoms with van der Waals surface area (Å²) in [5.41, 5.74) is 4.85. The molecule has 0 aliphatic carbocycles. The van der Waals surface area contributed by atoms with Gasteiger partial charge in [0.15, 0.2) is 0 Å². The van der Waals surface area contributed by atoms with E-state index in [1.54, 1.807) is 6.92 Å². The molecule has 0 radical (unpaired) electrons. The van der Waals surface area contributed by atoms with Gasteiger partial charge in [0, 0.05) is 12.6 Å². The molecular weight excluding hydrogens is 234 g/mol. The maximum atomic E-state index is 11.5. The third-order valence-electron chi connectivity index (χ3n) is 3.43. The molecule has 0 saturated carbocycles. The van der Waals surface area contributed by atoms with E-state index >= 15 is 0 Å². The molecule has 0 fully saturated rings. The molecule has 0 heterocycles. The van der Waals surface area contributed by atoms with Crippen molar-refractivity contribution in [3.05, 3.63) is 28.8 Å². The number of hydrogen-bond donors (Lipinski definition) is 1. The Hall–Kier alpha value is -1.31. The highest BCUT2D eigenvalue weighted by Crippen LogP contribution is 2.35. The molecule has 106 valence electrons. The summed E-state index contributed by atoms with van der Waals surface area (Å²) < 4.78 is 0. The number of anilines is 1. The van der Waals surface area contributed by atoms with Gasteiger partial charge in [-0.15, -0.1) is 0 Å². The molecule has 0 aliphatic rings. The van der Waals surface area contributed by atoms with Crippen LogP contribution in [0.3, 0.4) is 0 Å². The Morgan fingerprint density at radius 2 is 1.32 bits per heavy atom. The molecule has 0 bridgehead atoms. The van der Waals surface area contributed by atoms with Crippen LogP contribution in [-0.2, 0) is 4.79 Å². The van der Waals surface area contributed by atoms with E-state index < -0.39 is 0 Å². The molecule has 0 atom stereocenters. The van der Waals surface area contributed by atoms with Crippen LogP contribution < -0.4 is 5.32 Å². The highest BCUT2D eigenvalue weighted by atomic mass is 16.1. The van der Waals surface area contributed by atoms with Gasteiger partial charge >= 0.3 is 0 Å². The predicted octanol–water partition coefficient (Wildman–Crippen LogP) is 5.02. The quantitative estimate of drug-likeness (QED) is 0.810. The van der Waals surface area contributed by atoms with Crippen molar-refractivity contribution in [2.24, 2.45) is 0 Å². The highest BCUT2D eigenvalue weighted by molar-refractivity contribution is 5.91. The van der Waals surface area contributed by atoms with Crippen molar-refractivity contribution in [3.8, 4) is 0 Å². The lowest BCUT2D eigenvalue weighted by atomic mass is 9.87. The van der Waals surface area contributed by atoms with Crippen LogP contribution in [0.2, 0.25) is 0 Å². The van der Waals surface area contributed by atoms with E-state index in [2.05, 4.69) is 59.0 Å². The normalized spacial score (nSPS) is 11.5. The maximum absolute atomic E-state index is 11.5. The van der Waals surface area contributed by atoms with Gasteiger partial charge in [-0.1, -0.05) is 53.7 Å². The summed E-state index contributed by atoms with van der Waals surface area (Å²) in [5.74, 6) is 1.30. The number of nitrogens with one attached hydrogen (secondary N) is 1. The molecule has 2 heteroatoms. The summed E-state index contributed by atoms with van der Waals surface area (Å²) in [6.07, 6.45) is 0. The fourth-order valence-electron chi connectivity index (χ4n) is 2.28.